The number of nitrogens with one attached hydrogen (secondary N) is 1. The molecule has 0 bridgehead atoms. The first kappa shape index (κ1) is 22.5. The maximum atomic E-state index is 13.9. The molecule has 0 aliphatic rings. The topological polar surface area (TPSA) is 73.2 Å². The molecular formula is C24H19F2N3O3S. The number of carbonyl (C=O) groups excluding carboxylic acids is 1. The summed E-state index contributed by atoms with van der Waals surface area (Å²) in [5.74, 6) is -1.76. The van der Waals surface area contributed by atoms with E-state index in [0.717, 1.165) is 23.9 Å². The number of nitrogens with zero attached hydrogens (tertiary/aromatic N) is 2. The van der Waals surface area contributed by atoms with E-state index < -0.39 is 28.5 Å². The highest BCUT2D eigenvalue weighted by Crippen LogP contribution is 2.27. The number of benzene rings is 3. The number of anilines is 1. The van der Waals surface area contributed by atoms with Crippen molar-refractivity contribution in [2.45, 2.75) is 17.3 Å². The van der Waals surface area contributed by atoms with E-state index in [-0.39, 0.29) is 10.7 Å². The molecule has 0 saturated heterocycles. The van der Waals surface area contributed by atoms with E-state index in [2.05, 4.69) is 10.3 Å². The van der Waals surface area contributed by atoms with Crippen LogP contribution in [-0.2, 0) is 4.79 Å². The Morgan fingerprint density at radius 1 is 1.03 bits per heavy atom. The molecule has 1 aromatic heterocycles. The molecule has 33 heavy (non-hydrogen) atoms. The van der Waals surface area contributed by atoms with Gasteiger partial charge >= 0.3 is 0 Å². The van der Waals surface area contributed by atoms with Crippen LogP contribution in [-0.4, -0.2) is 27.8 Å². The van der Waals surface area contributed by atoms with Crippen LogP contribution < -0.4 is 15.6 Å². The maximum Gasteiger partial charge on any atom is 0.266 e. The van der Waals surface area contributed by atoms with Crippen molar-refractivity contribution >= 4 is 34.3 Å². The van der Waals surface area contributed by atoms with E-state index in [1.165, 1.54) is 10.6 Å². The van der Waals surface area contributed by atoms with Crippen LogP contribution in [0.1, 0.15) is 6.92 Å². The monoisotopic (exact) mass is 467 g/mol. The summed E-state index contributed by atoms with van der Waals surface area (Å²) < 4.78 is 34.5. The highest BCUT2D eigenvalue weighted by molar-refractivity contribution is 8.00. The minimum absolute atomic E-state index is 0.264. The largest absolute Gasteiger partial charge is 0.497 e. The van der Waals surface area contributed by atoms with Crippen molar-refractivity contribution in [3.63, 3.8) is 0 Å². The number of para-hydroxylation sites is 2. The van der Waals surface area contributed by atoms with Gasteiger partial charge in [-0.05, 0) is 55.5 Å². The van der Waals surface area contributed by atoms with E-state index in [1.54, 1.807) is 62.6 Å². The second-order valence-corrected chi connectivity index (χ2v) is 8.40. The number of fused-ring (bicyclic) bond motifs is 1. The average molecular weight is 467 g/mol. The average Bonchev–Trinajstić information content (AvgIpc) is 2.82. The first-order valence-electron chi connectivity index (χ1n) is 9.97. The normalized spacial score (nSPS) is 11.9. The molecule has 0 spiro atoms. The lowest BCUT2D eigenvalue weighted by Gasteiger charge is -2.17. The van der Waals surface area contributed by atoms with E-state index in [0.29, 0.717) is 22.3 Å². The quantitative estimate of drug-likeness (QED) is 0.326. The third-order valence-corrected chi connectivity index (χ3v) is 5.99. The molecule has 168 valence electrons. The summed E-state index contributed by atoms with van der Waals surface area (Å²) in [6.07, 6.45) is 0. The van der Waals surface area contributed by atoms with Gasteiger partial charge in [-0.1, -0.05) is 30.0 Å². The summed E-state index contributed by atoms with van der Waals surface area (Å²) in [6, 6.07) is 17.1. The summed E-state index contributed by atoms with van der Waals surface area (Å²) in [4.78, 5) is 30.6. The molecule has 1 amide bonds. The molecule has 1 N–H and O–H groups in total. The van der Waals surface area contributed by atoms with Crippen LogP contribution in [0.4, 0.5) is 14.5 Å². The molecule has 9 heteroatoms. The molecule has 1 unspecified atom stereocenters. The number of carbonyl (C=O) groups is 1. The molecular weight excluding hydrogens is 448 g/mol. The summed E-state index contributed by atoms with van der Waals surface area (Å²) in [5, 5.41) is 2.15. The second-order valence-electron chi connectivity index (χ2n) is 7.10. The van der Waals surface area contributed by atoms with Gasteiger partial charge in [-0.15, -0.1) is 0 Å². The Morgan fingerprint density at radius 3 is 2.36 bits per heavy atom. The zero-order valence-corrected chi connectivity index (χ0v) is 18.5. The fourth-order valence-corrected chi connectivity index (χ4v) is 4.13. The zero-order valence-electron chi connectivity index (χ0n) is 17.7. The van der Waals surface area contributed by atoms with E-state index in [4.69, 9.17) is 4.74 Å². The van der Waals surface area contributed by atoms with Gasteiger partial charge < -0.3 is 10.1 Å². The van der Waals surface area contributed by atoms with Crippen LogP contribution >= 0.6 is 11.8 Å². The number of aromatic nitrogens is 2. The number of amides is 1. The number of hydrogen-bond acceptors (Lipinski definition) is 5. The predicted molar refractivity (Wildman–Crippen MR) is 124 cm³/mol. The second kappa shape index (κ2) is 9.41. The fraction of sp³-hybridized carbons (Fsp3) is 0.125. The summed E-state index contributed by atoms with van der Waals surface area (Å²) >= 11 is 1.01. The first-order valence-corrected chi connectivity index (χ1v) is 10.8. The molecule has 0 radical (unpaired) electrons. The Balaban J connectivity index is 1.73. The number of ether oxygens (including phenoxy) is 1. The summed E-state index contributed by atoms with van der Waals surface area (Å²) in [5.41, 5.74) is 0.187. The molecule has 4 rings (SSSR count). The molecule has 1 atom stereocenters. The van der Waals surface area contributed by atoms with Crippen molar-refractivity contribution in [3.8, 4) is 11.4 Å². The zero-order chi connectivity index (χ0) is 23.5. The van der Waals surface area contributed by atoms with Gasteiger partial charge in [-0.2, -0.15) is 0 Å². The SMILES string of the molecule is COc1ccc(-n2c(SC(C)C(=O)Nc3c(F)cccc3F)nc3ccccc3c2=O)cc1. The molecule has 0 saturated carbocycles. The summed E-state index contributed by atoms with van der Waals surface area (Å²) in [6.45, 7) is 1.57. The predicted octanol–water partition coefficient (Wildman–Crippen LogP) is 4.79. The minimum atomic E-state index is -0.875. The first-order chi connectivity index (χ1) is 15.9. The van der Waals surface area contributed by atoms with E-state index in [9.17, 15) is 18.4 Å². The van der Waals surface area contributed by atoms with Crippen molar-refractivity contribution in [1.29, 1.82) is 0 Å². The lowest BCUT2D eigenvalue weighted by molar-refractivity contribution is -0.115. The highest BCUT2D eigenvalue weighted by atomic mass is 32.2. The number of hydrogen-bond donors (Lipinski definition) is 1. The highest BCUT2D eigenvalue weighted by Gasteiger charge is 2.22. The number of methoxy groups -OCH3 is 1. The van der Waals surface area contributed by atoms with E-state index >= 15 is 0 Å². The Morgan fingerprint density at radius 2 is 1.70 bits per heavy atom. The lowest BCUT2D eigenvalue weighted by atomic mass is 10.2. The third-order valence-electron chi connectivity index (χ3n) is 4.94. The minimum Gasteiger partial charge on any atom is -0.497 e. The molecule has 3 aromatic carbocycles. The van der Waals surface area contributed by atoms with E-state index in [1.807, 2.05) is 0 Å². The Labute approximate surface area is 192 Å². The summed E-state index contributed by atoms with van der Waals surface area (Å²) in [7, 11) is 1.54. The smallest absolute Gasteiger partial charge is 0.266 e. The van der Waals surface area contributed by atoms with Crippen molar-refractivity contribution < 1.29 is 18.3 Å². The fourth-order valence-electron chi connectivity index (χ4n) is 3.20. The molecule has 1 heterocycles. The van der Waals surface area contributed by atoms with Crippen LogP contribution in [0.15, 0.2) is 76.7 Å². The van der Waals surface area contributed by atoms with Gasteiger partial charge in [0.15, 0.2) is 5.16 Å². The third kappa shape index (κ3) is 4.58. The van der Waals surface area contributed by atoms with Crippen LogP contribution in [0, 0.1) is 11.6 Å². The van der Waals surface area contributed by atoms with Crippen molar-refractivity contribution in [2.75, 3.05) is 12.4 Å². The van der Waals surface area contributed by atoms with Gasteiger partial charge in [0.25, 0.3) is 5.56 Å². The number of halogens is 2. The van der Waals surface area contributed by atoms with Crippen molar-refractivity contribution in [1.82, 2.24) is 9.55 Å². The molecule has 4 aromatic rings. The van der Waals surface area contributed by atoms with Crippen LogP contribution in [0.2, 0.25) is 0 Å². The van der Waals surface area contributed by atoms with Crippen molar-refractivity contribution in [2.24, 2.45) is 0 Å². The van der Waals surface area contributed by atoms with Crippen LogP contribution in [0.25, 0.3) is 16.6 Å². The Bertz CT molecular complexity index is 1370. The van der Waals surface area contributed by atoms with Gasteiger partial charge in [0, 0.05) is 0 Å². The maximum absolute atomic E-state index is 13.9. The molecule has 0 aliphatic heterocycles. The standard InChI is InChI=1S/C24H19F2N3O3S/c1-14(22(30)28-21-18(25)7-5-8-19(21)26)33-24-27-20-9-4-3-6-17(20)23(31)29(24)15-10-12-16(32-2)13-11-15/h3-14H,1-2H3,(H,28,30). The number of thioether (sulfide) groups is 1. The van der Waals surface area contributed by atoms with Gasteiger partial charge in [0.1, 0.15) is 23.1 Å². The van der Waals surface area contributed by atoms with Gasteiger partial charge in [0.05, 0.1) is 29.0 Å². The Kier molecular flexibility index (Phi) is 6.41. The van der Waals surface area contributed by atoms with Gasteiger partial charge in [-0.3, -0.25) is 14.2 Å². The number of rotatable bonds is 6. The van der Waals surface area contributed by atoms with Gasteiger partial charge in [0.2, 0.25) is 5.91 Å². The molecule has 6 nitrogen and oxygen atoms in total. The van der Waals surface area contributed by atoms with Crippen molar-refractivity contribution in [3.05, 3.63) is 88.7 Å². The van der Waals surface area contributed by atoms with Gasteiger partial charge in [-0.25, -0.2) is 13.8 Å². The lowest BCUT2D eigenvalue weighted by Crippen LogP contribution is -2.26. The van der Waals surface area contributed by atoms with Crippen LogP contribution in [0.5, 0.6) is 5.75 Å². The molecule has 0 aliphatic carbocycles. The van der Waals surface area contributed by atoms with Crippen LogP contribution in [0.3, 0.4) is 0 Å². The Hall–Kier alpha value is -3.72. The molecule has 0 fully saturated rings.